The average Bonchev–Trinajstić information content (AvgIpc) is 2.17. The summed E-state index contributed by atoms with van der Waals surface area (Å²) < 4.78 is 10.1. The fourth-order valence-corrected chi connectivity index (χ4v) is 1.03. The largest absolute Gasteiger partial charge is 0.385 e. The van der Waals surface area contributed by atoms with Crippen LogP contribution in [0, 0.1) is 17.2 Å². The van der Waals surface area contributed by atoms with Gasteiger partial charge in [0.1, 0.15) is 0 Å². The molecule has 13 heavy (non-hydrogen) atoms. The van der Waals surface area contributed by atoms with Gasteiger partial charge in [-0.1, -0.05) is 0 Å². The van der Waals surface area contributed by atoms with Gasteiger partial charge < -0.3 is 9.47 Å². The molecule has 0 aromatic carbocycles. The highest BCUT2D eigenvalue weighted by atomic mass is 35.5. The number of methoxy groups -OCH3 is 1. The maximum Gasteiger partial charge on any atom is 0.0669 e. The van der Waals surface area contributed by atoms with Crippen molar-refractivity contribution in [2.24, 2.45) is 5.92 Å². The van der Waals surface area contributed by atoms with E-state index in [-0.39, 0.29) is 5.92 Å². The molecule has 0 aromatic rings. The molecule has 0 N–H and O–H groups in total. The third-order valence-electron chi connectivity index (χ3n) is 1.62. The van der Waals surface area contributed by atoms with Crippen molar-refractivity contribution < 1.29 is 9.47 Å². The van der Waals surface area contributed by atoms with Crippen molar-refractivity contribution in [3.05, 3.63) is 0 Å². The zero-order valence-corrected chi connectivity index (χ0v) is 8.72. The van der Waals surface area contributed by atoms with Gasteiger partial charge in [-0.25, -0.2) is 0 Å². The summed E-state index contributed by atoms with van der Waals surface area (Å²) in [5.74, 6) is 0.307. The molecule has 0 radical (unpaired) electrons. The summed E-state index contributed by atoms with van der Waals surface area (Å²) in [4.78, 5) is 0. The number of nitrogens with zero attached hydrogens (tertiary/aromatic N) is 1. The molecule has 0 saturated carbocycles. The number of rotatable bonds is 8. The molecule has 0 aliphatic rings. The normalized spacial score (nSPS) is 12.4. The van der Waals surface area contributed by atoms with Gasteiger partial charge in [-0.05, 0) is 12.8 Å². The number of halogens is 1. The molecule has 76 valence electrons. The topological polar surface area (TPSA) is 42.2 Å². The highest BCUT2D eigenvalue weighted by molar-refractivity contribution is 6.18. The average molecular weight is 206 g/mol. The molecule has 3 nitrogen and oxygen atoms in total. The summed E-state index contributed by atoms with van der Waals surface area (Å²) in [6, 6.07) is 2.12. The molecular weight excluding hydrogens is 190 g/mol. The number of hydrogen-bond donors (Lipinski definition) is 0. The number of hydrogen-bond acceptors (Lipinski definition) is 3. The molecular formula is C9H16ClNO2. The van der Waals surface area contributed by atoms with Crippen molar-refractivity contribution in [1.82, 2.24) is 0 Å². The van der Waals surface area contributed by atoms with Crippen molar-refractivity contribution in [2.45, 2.75) is 12.8 Å². The Morgan fingerprint density at radius 1 is 1.38 bits per heavy atom. The molecule has 0 spiro atoms. The monoisotopic (exact) mass is 205 g/mol. The van der Waals surface area contributed by atoms with E-state index in [0.29, 0.717) is 25.5 Å². The Bertz CT molecular complexity index is 147. The van der Waals surface area contributed by atoms with Crippen LogP contribution in [-0.2, 0) is 9.47 Å². The summed E-state index contributed by atoms with van der Waals surface area (Å²) in [6.45, 7) is 2.01. The molecule has 0 fully saturated rings. The van der Waals surface area contributed by atoms with Gasteiger partial charge in [0.2, 0.25) is 0 Å². The molecule has 0 aliphatic carbocycles. The Balaban J connectivity index is 3.11. The van der Waals surface area contributed by atoms with E-state index < -0.39 is 0 Å². The molecule has 0 aromatic heterocycles. The summed E-state index contributed by atoms with van der Waals surface area (Å²) >= 11 is 5.53. The molecule has 0 bridgehead atoms. The predicted octanol–water partition coefficient (Wildman–Crippen LogP) is 1.81. The zero-order valence-electron chi connectivity index (χ0n) is 7.96. The first-order chi connectivity index (χ1) is 6.35. The second-order valence-electron chi connectivity index (χ2n) is 2.73. The van der Waals surface area contributed by atoms with E-state index in [1.807, 2.05) is 0 Å². The van der Waals surface area contributed by atoms with Crippen LogP contribution in [-0.4, -0.2) is 32.8 Å². The third kappa shape index (κ3) is 8.04. The van der Waals surface area contributed by atoms with E-state index in [9.17, 15) is 0 Å². The van der Waals surface area contributed by atoms with E-state index in [0.717, 1.165) is 13.0 Å². The van der Waals surface area contributed by atoms with Crippen LogP contribution in [0.4, 0.5) is 0 Å². The van der Waals surface area contributed by atoms with Crippen LogP contribution in [0.3, 0.4) is 0 Å². The van der Waals surface area contributed by atoms with Gasteiger partial charge in [-0.3, -0.25) is 0 Å². The predicted molar refractivity (Wildman–Crippen MR) is 51.8 cm³/mol. The minimum absolute atomic E-state index is 0.0795. The smallest absolute Gasteiger partial charge is 0.0669 e. The second-order valence-corrected chi connectivity index (χ2v) is 3.04. The Morgan fingerprint density at radius 2 is 2.15 bits per heavy atom. The van der Waals surface area contributed by atoms with E-state index in [4.69, 9.17) is 26.3 Å². The van der Waals surface area contributed by atoms with Crippen molar-refractivity contribution in [1.29, 1.82) is 5.26 Å². The summed E-state index contributed by atoms with van der Waals surface area (Å²) in [6.07, 6.45) is 1.61. The third-order valence-corrected chi connectivity index (χ3v) is 1.99. The molecule has 0 heterocycles. The van der Waals surface area contributed by atoms with Gasteiger partial charge in [-0.15, -0.1) is 11.6 Å². The van der Waals surface area contributed by atoms with Crippen LogP contribution in [0.2, 0.25) is 0 Å². The number of alkyl halides is 1. The summed E-state index contributed by atoms with van der Waals surface area (Å²) in [7, 11) is 1.67. The van der Waals surface area contributed by atoms with Crippen LogP contribution in [0.1, 0.15) is 12.8 Å². The lowest BCUT2D eigenvalue weighted by molar-refractivity contribution is 0.0980. The minimum atomic E-state index is -0.0795. The quantitative estimate of drug-likeness (QED) is 0.448. The van der Waals surface area contributed by atoms with Crippen LogP contribution < -0.4 is 0 Å². The van der Waals surface area contributed by atoms with Gasteiger partial charge in [0, 0.05) is 32.8 Å². The SMILES string of the molecule is COCCCOCCC(C#N)CCl. The fraction of sp³-hybridized carbons (Fsp3) is 0.889. The van der Waals surface area contributed by atoms with Crippen molar-refractivity contribution >= 4 is 11.6 Å². The van der Waals surface area contributed by atoms with E-state index in [2.05, 4.69) is 6.07 Å². The van der Waals surface area contributed by atoms with Gasteiger partial charge in [0.25, 0.3) is 0 Å². The molecule has 4 heteroatoms. The highest BCUT2D eigenvalue weighted by Gasteiger charge is 2.04. The molecule has 0 aliphatic heterocycles. The fourth-order valence-electron chi connectivity index (χ4n) is 0.809. The Morgan fingerprint density at radius 3 is 2.69 bits per heavy atom. The molecule has 0 saturated heterocycles. The lowest BCUT2D eigenvalue weighted by atomic mass is 10.1. The van der Waals surface area contributed by atoms with E-state index >= 15 is 0 Å². The van der Waals surface area contributed by atoms with Crippen LogP contribution >= 0.6 is 11.6 Å². The van der Waals surface area contributed by atoms with Crippen molar-refractivity contribution in [2.75, 3.05) is 32.8 Å². The maximum absolute atomic E-state index is 8.56. The van der Waals surface area contributed by atoms with Gasteiger partial charge in [0.05, 0.1) is 12.0 Å². The lowest BCUT2D eigenvalue weighted by Gasteiger charge is -2.05. The Kier molecular flexibility index (Phi) is 9.56. The van der Waals surface area contributed by atoms with Crippen LogP contribution in [0.25, 0.3) is 0 Å². The molecule has 0 rings (SSSR count). The van der Waals surface area contributed by atoms with Crippen molar-refractivity contribution in [3.8, 4) is 6.07 Å². The first-order valence-corrected chi connectivity index (χ1v) is 4.90. The summed E-state index contributed by atoms with van der Waals surface area (Å²) in [5.41, 5.74) is 0. The van der Waals surface area contributed by atoms with Crippen molar-refractivity contribution in [3.63, 3.8) is 0 Å². The van der Waals surface area contributed by atoms with E-state index in [1.54, 1.807) is 7.11 Å². The lowest BCUT2D eigenvalue weighted by Crippen LogP contribution is -2.06. The standard InChI is InChI=1S/C9H16ClNO2/c1-12-4-2-5-13-6-3-9(7-10)8-11/h9H,2-7H2,1H3. The zero-order chi connectivity index (χ0) is 9.94. The van der Waals surface area contributed by atoms with Crippen LogP contribution in [0.5, 0.6) is 0 Å². The van der Waals surface area contributed by atoms with Gasteiger partial charge in [0.15, 0.2) is 0 Å². The maximum atomic E-state index is 8.56. The van der Waals surface area contributed by atoms with Gasteiger partial charge in [-0.2, -0.15) is 5.26 Å². The highest BCUT2D eigenvalue weighted by Crippen LogP contribution is 2.03. The second kappa shape index (κ2) is 9.79. The van der Waals surface area contributed by atoms with Crippen LogP contribution in [0.15, 0.2) is 0 Å². The molecule has 0 amide bonds. The Hall–Kier alpha value is -0.300. The first-order valence-electron chi connectivity index (χ1n) is 4.37. The minimum Gasteiger partial charge on any atom is -0.385 e. The summed E-state index contributed by atoms with van der Waals surface area (Å²) in [5, 5.41) is 8.56. The molecule has 1 unspecified atom stereocenters. The van der Waals surface area contributed by atoms with Gasteiger partial charge >= 0.3 is 0 Å². The molecule has 1 atom stereocenters. The van der Waals surface area contributed by atoms with E-state index in [1.165, 1.54) is 0 Å². The number of ether oxygens (including phenoxy) is 2. The Labute approximate surface area is 84.6 Å². The first kappa shape index (κ1) is 12.7. The number of nitriles is 1.